The molecule has 2 unspecified atom stereocenters. The van der Waals surface area contributed by atoms with Gasteiger partial charge in [0.25, 0.3) is 0 Å². The molecule has 1 fully saturated rings. The molecule has 2 atom stereocenters. The Labute approximate surface area is 127 Å². The monoisotopic (exact) mass is 305 g/mol. The minimum Gasteiger partial charge on any atom is -0.385 e. The maximum absolute atomic E-state index is 10.6. The standard InChI is InChI=1S/C15H19N3O2S/c1-10-15(19,7-8-20-10)9-17-14-12(13(16)18-21-14)11-5-3-2-4-6-11/h2-6,10,17,19H,7-9H2,1H3,(H2,16,18). The fraction of sp³-hybridized carbons (Fsp3) is 0.400. The number of benzene rings is 1. The summed E-state index contributed by atoms with van der Waals surface area (Å²) in [5.74, 6) is 0.511. The van der Waals surface area contributed by atoms with E-state index in [9.17, 15) is 5.11 Å². The van der Waals surface area contributed by atoms with E-state index < -0.39 is 5.60 Å². The number of rotatable bonds is 4. The van der Waals surface area contributed by atoms with Crippen molar-refractivity contribution in [1.82, 2.24) is 4.37 Å². The zero-order chi connectivity index (χ0) is 14.9. The van der Waals surface area contributed by atoms with Gasteiger partial charge in [0.15, 0.2) is 0 Å². The van der Waals surface area contributed by atoms with Crippen molar-refractivity contribution in [2.45, 2.75) is 25.0 Å². The van der Waals surface area contributed by atoms with Crippen molar-refractivity contribution in [3.63, 3.8) is 0 Å². The van der Waals surface area contributed by atoms with Gasteiger partial charge in [0.2, 0.25) is 0 Å². The van der Waals surface area contributed by atoms with Crippen LogP contribution in [0.2, 0.25) is 0 Å². The Morgan fingerprint density at radius 3 is 2.90 bits per heavy atom. The molecule has 4 N–H and O–H groups in total. The minimum atomic E-state index is -0.841. The topological polar surface area (TPSA) is 80.4 Å². The van der Waals surface area contributed by atoms with E-state index >= 15 is 0 Å². The summed E-state index contributed by atoms with van der Waals surface area (Å²) in [6, 6.07) is 9.91. The van der Waals surface area contributed by atoms with Crippen LogP contribution < -0.4 is 11.1 Å². The van der Waals surface area contributed by atoms with E-state index in [2.05, 4.69) is 9.69 Å². The van der Waals surface area contributed by atoms with Crippen molar-refractivity contribution < 1.29 is 9.84 Å². The average molecular weight is 305 g/mol. The van der Waals surface area contributed by atoms with Gasteiger partial charge in [-0.05, 0) is 24.0 Å². The molecule has 6 heteroatoms. The predicted molar refractivity (Wildman–Crippen MR) is 85.4 cm³/mol. The molecule has 0 aliphatic carbocycles. The van der Waals surface area contributed by atoms with Crippen LogP contribution >= 0.6 is 11.5 Å². The Kier molecular flexibility index (Phi) is 3.84. The molecule has 2 aromatic rings. The van der Waals surface area contributed by atoms with Gasteiger partial charge in [0, 0.05) is 19.6 Å². The van der Waals surface area contributed by atoms with Crippen LogP contribution in [0.1, 0.15) is 13.3 Å². The number of aromatic nitrogens is 1. The first-order valence-corrected chi connectivity index (χ1v) is 7.76. The van der Waals surface area contributed by atoms with E-state index in [4.69, 9.17) is 10.5 Å². The fourth-order valence-electron chi connectivity index (χ4n) is 2.54. The van der Waals surface area contributed by atoms with Crippen molar-refractivity contribution in [3.8, 4) is 11.1 Å². The maximum atomic E-state index is 10.6. The molecule has 3 rings (SSSR count). The second kappa shape index (κ2) is 5.63. The van der Waals surface area contributed by atoms with Gasteiger partial charge in [-0.2, -0.15) is 4.37 Å². The molecule has 21 heavy (non-hydrogen) atoms. The summed E-state index contributed by atoms with van der Waals surface area (Å²) in [5.41, 5.74) is 7.07. The number of nitrogens with zero attached hydrogens (tertiary/aromatic N) is 1. The average Bonchev–Trinajstić information content (AvgIpc) is 3.02. The van der Waals surface area contributed by atoms with Gasteiger partial charge >= 0.3 is 0 Å². The molecule has 0 radical (unpaired) electrons. The maximum Gasteiger partial charge on any atom is 0.147 e. The lowest BCUT2D eigenvalue weighted by Gasteiger charge is -2.26. The number of nitrogen functional groups attached to an aromatic ring is 1. The number of nitrogens with one attached hydrogen (secondary N) is 1. The van der Waals surface area contributed by atoms with E-state index in [0.717, 1.165) is 16.1 Å². The Balaban J connectivity index is 1.81. The van der Waals surface area contributed by atoms with Gasteiger partial charge in [-0.1, -0.05) is 30.3 Å². The lowest BCUT2D eigenvalue weighted by atomic mass is 9.96. The van der Waals surface area contributed by atoms with E-state index in [-0.39, 0.29) is 6.10 Å². The number of ether oxygens (including phenoxy) is 1. The molecule has 1 aromatic carbocycles. The third-order valence-corrected chi connectivity index (χ3v) is 4.81. The molecule has 1 aromatic heterocycles. The highest BCUT2D eigenvalue weighted by atomic mass is 32.1. The second-order valence-electron chi connectivity index (χ2n) is 5.36. The fourth-order valence-corrected chi connectivity index (χ4v) is 3.27. The van der Waals surface area contributed by atoms with Crippen molar-refractivity contribution in [2.24, 2.45) is 0 Å². The van der Waals surface area contributed by atoms with Crippen LogP contribution in [0.25, 0.3) is 11.1 Å². The molecule has 1 aliphatic rings. The highest BCUT2D eigenvalue weighted by molar-refractivity contribution is 7.11. The predicted octanol–water partition coefficient (Wildman–Crippen LogP) is 2.34. The first kappa shape index (κ1) is 14.3. The quantitative estimate of drug-likeness (QED) is 0.808. The van der Waals surface area contributed by atoms with Gasteiger partial charge in [-0.15, -0.1) is 0 Å². The van der Waals surface area contributed by atoms with Crippen LogP contribution in [0, 0.1) is 0 Å². The molecule has 0 amide bonds. The molecule has 2 heterocycles. The molecule has 0 spiro atoms. The van der Waals surface area contributed by atoms with Crippen LogP contribution in [-0.2, 0) is 4.74 Å². The minimum absolute atomic E-state index is 0.171. The molecular weight excluding hydrogens is 286 g/mol. The lowest BCUT2D eigenvalue weighted by molar-refractivity contribution is -0.0175. The van der Waals surface area contributed by atoms with Gasteiger partial charge in [-0.25, -0.2) is 0 Å². The Hall–Kier alpha value is -1.63. The summed E-state index contributed by atoms with van der Waals surface area (Å²) in [5, 5.41) is 14.7. The Bertz CT molecular complexity index is 617. The van der Waals surface area contributed by atoms with Crippen LogP contribution in [0.15, 0.2) is 30.3 Å². The Morgan fingerprint density at radius 1 is 1.48 bits per heavy atom. The third kappa shape index (κ3) is 2.74. The molecule has 1 saturated heterocycles. The van der Waals surface area contributed by atoms with E-state index in [0.29, 0.717) is 25.4 Å². The van der Waals surface area contributed by atoms with E-state index in [1.165, 1.54) is 11.5 Å². The second-order valence-corrected chi connectivity index (χ2v) is 6.13. The highest BCUT2D eigenvalue weighted by Crippen LogP contribution is 2.37. The lowest BCUT2D eigenvalue weighted by Crippen LogP contribution is -2.42. The summed E-state index contributed by atoms with van der Waals surface area (Å²) in [4.78, 5) is 0. The SMILES string of the molecule is CC1OCCC1(O)CNc1snc(N)c1-c1ccccc1. The summed E-state index contributed by atoms with van der Waals surface area (Å²) in [7, 11) is 0. The molecule has 0 saturated carbocycles. The van der Waals surface area contributed by atoms with Crippen molar-refractivity contribution in [1.29, 1.82) is 0 Å². The van der Waals surface area contributed by atoms with Gasteiger partial charge in [0.1, 0.15) is 16.4 Å². The number of hydrogen-bond donors (Lipinski definition) is 3. The molecule has 0 bridgehead atoms. The largest absolute Gasteiger partial charge is 0.385 e. The zero-order valence-electron chi connectivity index (χ0n) is 11.9. The molecule has 5 nitrogen and oxygen atoms in total. The molecule has 112 valence electrons. The van der Waals surface area contributed by atoms with Crippen molar-refractivity contribution in [3.05, 3.63) is 30.3 Å². The number of anilines is 2. The van der Waals surface area contributed by atoms with Gasteiger partial charge < -0.3 is 20.9 Å². The van der Waals surface area contributed by atoms with Gasteiger partial charge in [-0.3, -0.25) is 0 Å². The van der Waals surface area contributed by atoms with Gasteiger partial charge in [0.05, 0.1) is 11.7 Å². The molecule has 1 aliphatic heterocycles. The third-order valence-electron chi connectivity index (χ3n) is 4.00. The first-order valence-electron chi connectivity index (χ1n) is 6.98. The summed E-state index contributed by atoms with van der Waals surface area (Å²) < 4.78 is 9.67. The normalized spacial score (nSPS) is 25.1. The first-order chi connectivity index (χ1) is 10.1. The van der Waals surface area contributed by atoms with Crippen molar-refractivity contribution in [2.75, 3.05) is 24.2 Å². The van der Waals surface area contributed by atoms with E-state index in [1.807, 2.05) is 37.3 Å². The van der Waals surface area contributed by atoms with E-state index in [1.54, 1.807) is 0 Å². The number of aliphatic hydroxyl groups is 1. The Morgan fingerprint density at radius 2 is 2.24 bits per heavy atom. The summed E-state index contributed by atoms with van der Waals surface area (Å²) >= 11 is 1.32. The number of hydrogen-bond acceptors (Lipinski definition) is 6. The smallest absolute Gasteiger partial charge is 0.147 e. The van der Waals surface area contributed by atoms with Crippen LogP contribution in [0.5, 0.6) is 0 Å². The van der Waals surface area contributed by atoms with Crippen LogP contribution in [-0.4, -0.2) is 34.3 Å². The van der Waals surface area contributed by atoms with Crippen LogP contribution in [0.4, 0.5) is 10.8 Å². The molecular formula is C15H19N3O2S. The number of nitrogens with two attached hydrogens (primary N) is 1. The van der Waals surface area contributed by atoms with Crippen LogP contribution in [0.3, 0.4) is 0 Å². The zero-order valence-corrected chi connectivity index (χ0v) is 12.7. The van der Waals surface area contributed by atoms with Crippen molar-refractivity contribution >= 4 is 22.4 Å². The summed E-state index contributed by atoms with van der Waals surface area (Å²) in [6.45, 7) is 2.92. The highest BCUT2D eigenvalue weighted by Gasteiger charge is 2.39. The summed E-state index contributed by atoms with van der Waals surface area (Å²) in [6.07, 6.45) is 0.464.